The molecule has 1 aliphatic rings. The monoisotopic (exact) mass is 235 g/mol. The molecule has 2 rings (SSSR count). The lowest BCUT2D eigenvalue weighted by Gasteiger charge is -2.34. The van der Waals surface area contributed by atoms with E-state index in [-0.39, 0.29) is 23.4 Å². The van der Waals surface area contributed by atoms with Gasteiger partial charge in [-0.15, -0.1) is 0 Å². The zero-order valence-corrected chi connectivity index (χ0v) is 9.84. The first-order valence-electron chi connectivity index (χ1n) is 5.78. The van der Waals surface area contributed by atoms with Crippen LogP contribution in [0.4, 0.5) is 0 Å². The van der Waals surface area contributed by atoms with E-state index in [0.29, 0.717) is 19.0 Å². The summed E-state index contributed by atoms with van der Waals surface area (Å²) in [5.74, 6) is 0.103. The van der Waals surface area contributed by atoms with E-state index in [2.05, 4.69) is 11.9 Å². The number of piperidine rings is 1. The van der Waals surface area contributed by atoms with E-state index in [4.69, 9.17) is 5.73 Å². The highest BCUT2D eigenvalue weighted by molar-refractivity contribution is 5.94. The highest BCUT2D eigenvalue weighted by Gasteiger charge is 2.28. The Hall–Kier alpha value is -1.62. The number of rotatable bonds is 1. The van der Waals surface area contributed by atoms with Gasteiger partial charge in [-0.1, -0.05) is 6.92 Å². The fraction of sp³-hybridized carbons (Fsp3) is 0.500. The largest absolute Gasteiger partial charge is 0.505 e. The zero-order chi connectivity index (χ0) is 12.4. The van der Waals surface area contributed by atoms with Crippen LogP contribution in [0, 0.1) is 5.92 Å². The second kappa shape index (κ2) is 4.71. The Morgan fingerprint density at radius 3 is 3.06 bits per heavy atom. The standard InChI is InChI=1S/C12H17N3O2/c1-8-4-6-15(7-9(8)13)12(17)11-10(16)3-2-5-14-11/h2-3,5,8-9,16H,4,6-7,13H2,1H3. The molecule has 5 heteroatoms. The lowest BCUT2D eigenvalue weighted by Crippen LogP contribution is -2.49. The molecule has 3 N–H and O–H groups in total. The Morgan fingerprint density at radius 1 is 1.65 bits per heavy atom. The molecule has 1 aromatic heterocycles. The van der Waals surface area contributed by atoms with E-state index < -0.39 is 0 Å². The van der Waals surface area contributed by atoms with E-state index in [9.17, 15) is 9.90 Å². The molecule has 2 heterocycles. The van der Waals surface area contributed by atoms with Gasteiger partial charge in [0.2, 0.25) is 0 Å². The summed E-state index contributed by atoms with van der Waals surface area (Å²) in [6, 6.07) is 3.06. The van der Waals surface area contributed by atoms with Crippen LogP contribution in [0.3, 0.4) is 0 Å². The van der Waals surface area contributed by atoms with Crippen molar-refractivity contribution in [3.05, 3.63) is 24.0 Å². The smallest absolute Gasteiger partial charge is 0.276 e. The predicted molar refractivity (Wildman–Crippen MR) is 63.6 cm³/mol. The summed E-state index contributed by atoms with van der Waals surface area (Å²) in [6.07, 6.45) is 2.39. The van der Waals surface area contributed by atoms with Crippen LogP contribution in [0.5, 0.6) is 5.75 Å². The Bertz CT molecular complexity index is 422. The average molecular weight is 235 g/mol. The second-order valence-electron chi connectivity index (χ2n) is 4.55. The van der Waals surface area contributed by atoms with Gasteiger partial charge in [0.15, 0.2) is 5.69 Å². The molecule has 0 aliphatic carbocycles. The number of carbonyl (C=O) groups excluding carboxylic acids is 1. The van der Waals surface area contributed by atoms with Crippen LogP contribution in [0.2, 0.25) is 0 Å². The number of nitrogens with two attached hydrogens (primary N) is 1. The lowest BCUT2D eigenvalue weighted by atomic mass is 9.94. The number of aromatic nitrogens is 1. The van der Waals surface area contributed by atoms with Gasteiger partial charge in [0.05, 0.1) is 0 Å². The molecule has 0 spiro atoms. The molecule has 5 nitrogen and oxygen atoms in total. The summed E-state index contributed by atoms with van der Waals surface area (Å²) in [6.45, 7) is 3.28. The minimum Gasteiger partial charge on any atom is -0.505 e. The van der Waals surface area contributed by atoms with Crippen molar-refractivity contribution in [1.29, 1.82) is 0 Å². The minimum atomic E-state index is -0.245. The highest BCUT2D eigenvalue weighted by atomic mass is 16.3. The molecule has 92 valence electrons. The van der Waals surface area contributed by atoms with Crippen molar-refractivity contribution >= 4 is 5.91 Å². The number of amides is 1. The minimum absolute atomic E-state index is 0.00134. The zero-order valence-electron chi connectivity index (χ0n) is 9.84. The van der Waals surface area contributed by atoms with Crippen LogP contribution < -0.4 is 5.73 Å². The van der Waals surface area contributed by atoms with Gasteiger partial charge in [0.1, 0.15) is 5.75 Å². The molecule has 2 atom stereocenters. The van der Waals surface area contributed by atoms with Gasteiger partial charge in [0.25, 0.3) is 5.91 Å². The molecule has 0 aromatic carbocycles. The Labute approximate surface area is 100 Å². The van der Waals surface area contributed by atoms with Gasteiger partial charge in [-0.3, -0.25) is 4.79 Å². The van der Waals surface area contributed by atoms with Crippen molar-refractivity contribution < 1.29 is 9.90 Å². The van der Waals surface area contributed by atoms with Crippen molar-refractivity contribution in [1.82, 2.24) is 9.88 Å². The quantitative estimate of drug-likeness (QED) is 0.747. The number of aromatic hydroxyl groups is 1. The van der Waals surface area contributed by atoms with Crippen LogP contribution >= 0.6 is 0 Å². The Morgan fingerprint density at radius 2 is 2.41 bits per heavy atom. The normalized spacial score (nSPS) is 24.7. The average Bonchev–Trinajstić information content (AvgIpc) is 2.32. The number of nitrogens with zero attached hydrogens (tertiary/aromatic N) is 2. The molecule has 1 fully saturated rings. The molecule has 1 saturated heterocycles. The number of likely N-dealkylation sites (tertiary alicyclic amines) is 1. The maximum Gasteiger partial charge on any atom is 0.276 e. The molecule has 2 unspecified atom stereocenters. The first-order chi connectivity index (χ1) is 8.09. The van der Waals surface area contributed by atoms with E-state index in [1.807, 2.05) is 0 Å². The van der Waals surface area contributed by atoms with Crippen LogP contribution in [0.25, 0.3) is 0 Å². The van der Waals surface area contributed by atoms with Gasteiger partial charge >= 0.3 is 0 Å². The van der Waals surface area contributed by atoms with Gasteiger partial charge < -0.3 is 15.7 Å². The van der Waals surface area contributed by atoms with Crippen LogP contribution in [0.15, 0.2) is 18.3 Å². The van der Waals surface area contributed by atoms with Crippen LogP contribution in [-0.4, -0.2) is 40.0 Å². The molecule has 1 aromatic rings. The lowest BCUT2D eigenvalue weighted by molar-refractivity contribution is 0.0663. The van der Waals surface area contributed by atoms with E-state index in [1.165, 1.54) is 12.3 Å². The highest BCUT2D eigenvalue weighted by Crippen LogP contribution is 2.20. The molecular weight excluding hydrogens is 218 g/mol. The third-order valence-corrected chi connectivity index (χ3v) is 3.29. The first kappa shape index (κ1) is 11.9. The van der Waals surface area contributed by atoms with Crippen molar-refractivity contribution in [2.24, 2.45) is 11.7 Å². The molecule has 0 radical (unpaired) electrons. The summed E-state index contributed by atoms with van der Waals surface area (Å²) in [5.41, 5.74) is 6.05. The molecule has 0 bridgehead atoms. The van der Waals surface area contributed by atoms with Gasteiger partial charge in [-0.2, -0.15) is 0 Å². The SMILES string of the molecule is CC1CCN(C(=O)c2ncccc2O)CC1N. The summed E-state index contributed by atoms with van der Waals surface area (Å²) in [5, 5.41) is 9.59. The predicted octanol–water partition coefficient (Wildman–Crippen LogP) is 0.597. The number of hydrogen-bond donors (Lipinski definition) is 2. The van der Waals surface area contributed by atoms with Crippen molar-refractivity contribution in [2.75, 3.05) is 13.1 Å². The maximum atomic E-state index is 12.1. The molecule has 0 saturated carbocycles. The van der Waals surface area contributed by atoms with Gasteiger partial charge in [0, 0.05) is 25.3 Å². The van der Waals surface area contributed by atoms with E-state index in [1.54, 1.807) is 11.0 Å². The molecule has 1 amide bonds. The fourth-order valence-corrected chi connectivity index (χ4v) is 2.00. The summed E-state index contributed by atoms with van der Waals surface area (Å²) in [4.78, 5) is 17.7. The summed E-state index contributed by atoms with van der Waals surface area (Å²) < 4.78 is 0. The third-order valence-electron chi connectivity index (χ3n) is 3.29. The summed E-state index contributed by atoms with van der Waals surface area (Å²) in [7, 11) is 0. The maximum absolute atomic E-state index is 12.1. The fourth-order valence-electron chi connectivity index (χ4n) is 2.00. The number of hydrogen-bond acceptors (Lipinski definition) is 4. The van der Waals surface area contributed by atoms with Crippen molar-refractivity contribution in [2.45, 2.75) is 19.4 Å². The molecule has 17 heavy (non-hydrogen) atoms. The van der Waals surface area contributed by atoms with Crippen LogP contribution in [-0.2, 0) is 0 Å². The number of carbonyl (C=O) groups is 1. The van der Waals surface area contributed by atoms with Crippen molar-refractivity contribution in [3.8, 4) is 5.75 Å². The Balaban J connectivity index is 2.14. The summed E-state index contributed by atoms with van der Waals surface area (Å²) >= 11 is 0. The van der Waals surface area contributed by atoms with E-state index in [0.717, 1.165) is 6.42 Å². The number of pyridine rings is 1. The molecular formula is C12H17N3O2. The van der Waals surface area contributed by atoms with E-state index >= 15 is 0 Å². The molecule has 1 aliphatic heterocycles. The third kappa shape index (κ3) is 2.39. The first-order valence-corrected chi connectivity index (χ1v) is 5.78. The topological polar surface area (TPSA) is 79.5 Å². The van der Waals surface area contributed by atoms with Gasteiger partial charge in [-0.25, -0.2) is 4.98 Å². The Kier molecular flexibility index (Phi) is 3.28. The van der Waals surface area contributed by atoms with Gasteiger partial charge in [-0.05, 0) is 24.5 Å². The second-order valence-corrected chi connectivity index (χ2v) is 4.55. The van der Waals surface area contributed by atoms with Crippen LogP contribution in [0.1, 0.15) is 23.8 Å². The van der Waals surface area contributed by atoms with Crippen molar-refractivity contribution in [3.63, 3.8) is 0 Å².